The quantitative estimate of drug-likeness (QED) is 0.465. The van der Waals surface area contributed by atoms with E-state index in [0.717, 1.165) is 5.56 Å². The van der Waals surface area contributed by atoms with Gasteiger partial charge in [-0.05, 0) is 37.6 Å². The van der Waals surface area contributed by atoms with Crippen LogP contribution in [0.5, 0.6) is 0 Å². The number of nitrogens with one attached hydrogen (secondary N) is 1. The van der Waals surface area contributed by atoms with E-state index in [9.17, 15) is 14.4 Å². The predicted octanol–water partition coefficient (Wildman–Crippen LogP) is 2.81. The Balaban J connectivity index is 1.70. The molecule has 0 bridgehead atoms. The minimum Gasteiger partial charge on any atom is -0.369 e. The van der Waals surface area contributed by atoms with Crippen molar-refractivity contribution in [1.29, 1.82) is 0 Å². The largest absolute Gasteiger partial charge is 0.369 e. The monoisotopic (exact) mass is 418 g/mol. The van der Waals surface area contributed by atoms with E-state index in [1.54, 1.807) is 22.8 Å². The Morgan fingerprint density at radius 3 is 2.55 bits per heavy atom. The van der Waals surface area contributed by atoms with Crippen molar-refractivity contribution in [1.82, 2.24) is 19.3 Å². The second-order valence-electron chi connectivity index (χ2n) is 7.15. The molecule has 0 aliphatic heterocycles. The van der Waals surface area contributed by atoms with Gasteiger partial charge in [-0.2, -0.15) is 4.68 Å². The summed E-state index contributed by atoms with van der Waals surface area (Å²) in [5.74, 6) is 0.320. The number of carbonyl (C=O) groups is 1. The number of H-pyrrole nitrogens is 1. The molecule has 0 aliphatic rings. The molecule has 4 aromatic rings. The summed E-state index contributed by atoms with van der Waals surface area (Å²) < 4.78 is 8.58. The first-order valence-electron chi connectivity index (χ1n) is 9.96. The first-order valence-corrected chi connectivity index (χ1v) is 9.96. The van der Waals surface area contributed by atoms with Crippen LogP contribution in [0.4, 0.5) is 0 Å². The molecule has 2 aromatic heterocycles. The van der Waals surface area contributed by atoms with Gasteiger partial charge >= 0.3 is 5.69 Å². The molecule has 0 fully saturated rings. The highest BCUT2D eigenvalue weighted by molar-refractivity contribution is 6.06. The van der Waals surface area contributed by atoms with Crippen molar-refractivity contribution in [3.63, 3.8) is 0 Å². The van der Waals surface area contributed by atoms with Gasteiger partial charge in [0, 0.05) is 29.1 Å². The lowest BCUT2D eigenvalue weighted by Crippen LogP contribution is -2.24. The van der Waals surface area contributed by atoms with Crippen molar-refractivity contribution in [2.24, 2.45) is 0 Å². The molecule has 158 valence electrons. The maximum atomic E-state index is 12.9. The molecule has 1 N–H and O–H groups in total. The molecule has 0 saturated heterocycles. The van der Waals surface area contributed by atoms with Crippen LogP contribution in [0.1, 0.15) is 35.6 Å². The molecule has 31 heavy (non-hydrogen) atoms. The van der Waals surface area contributed by atoms with E-state index < -0.39 is 0 Å². The van der Waals surface area contributed by atoms with E-state index in [0.29, 0.717) is 41.0 Å². The summed E-state index contributed by atoms with van der Waals surface area (Å²) in [6, 6.07) is 14.6. The standard InChI is InChI=1S/C23H22N4O4/c1-3-26-21(14-31-13-16-7-5-4-6-8-16)25-27(23(26)30)17-9-10-18-19(11-17)20(15(2)28)12-24-22(18)29/h4-12H,3,13-14H2,1-2H3,(H,24,29). The third kappa shape index (κ3) is 3.97. The lowest BCUT2D eigenvalue weighted by molar-refractivity contribution is 0.0989. The molecule has 0 spiro atoms. The van der Waals surface area contributed by atoms with Crippen LogP contribution in [-0.2, 0) is 24.5 Å². The normalized spacial score (nSPS) is 11.2. The summed E-state index contributed by atoms with van der Waals surface area (Å²) in [6.07, 6.45) is 1.40. The molecule has 0 aliphatic carbocycles. The van der Waals surface area contributed by atoms with Crippen LogP contribution in [0.25, 0.3) is 16.5 Å². The number of carbonyl (C=O) groups excluding carboxylic acids is 1. The van der Waals surface area contributed by atoms with Crippen LogP contribution in [0.15, 0.2) is 64.3 Å². The molecular formula is C23H22N4O4. The van der Waals surface area contributed by atoms with Crippen molar-refractivity contribution in [3.05, 3.63) is 92.5 Å². The third-order valence-electron chi connectivity index (χ3n) is 5.11. The summed E-state index contributed by atoms with van der Waals surface area (Å²) in [5.41, 5.74) is 1.28. The van der Waals surface area contributed by atoms with Gasteiger partial charge in [-0.1, -0.05) is 30.3 Å². The average molecular weight is 418 g/mol. The number of aromatic amines is 1. The first kappa shape index (κ1) is 20.5. The first-order chi connectivity index (χ1) is 15.0. The number of hydrogen-bond donors (Lipinski definition) is 1. The van der Waals surface area contributed by atoms with Crippen molar-refractivity contribution in [3.8, 4) is 5.69 Å². The van der Waals surface area contributed by atoms with Gasteiger partial charge in [0.1, 0.15) is 6.61 Å². The Labute approximate surface area is 177 Å². The van der Waals surface area contributed by atoms with E-state index in [2.05, 4.69) is 10.1 Å². The van der Waals surface area contributed by atoms with Gasteiger partial charge in [-0.3, -0.25) is 14.2 Å². The van der Waals surface area contributed by atoms with Crippen molar-refractivity contribution < 1.29 is 9.53 Å². The second-order valence-corrected chi connectivity index (χ2v) is 7.15. The zero-order valence-corrected chi connectivity index (χ0v) is 17.3. The van der Waals surface area contributed by atoms with Crippen LogP contribution in [0, 0.1) is 0 Å². The molecular weight excluding hydrogens is 396 g/mol. The Morgan fingerprint density at radius 1 is 1.06 bits per heavy atom. The number of rotatable bonds is 7. The van der Waals surface area contributed by atoms with E-state index >= 15 is 0 Å². The summed E-state index contributed by atoms with van der Waals surface area (Å²) in [5, 5.41) is 5.32. The van der Waals surface area contributed by atoms with Crippen molar-refractivity contribution >= 4 is 16.6 Å². The van der Waals surface area contributed by atoms with Gasteiger partial charge in [-0.15, -0.1) is 5.10 Å². The maximum absolute atomic E-state index is 12.9. The average Bonchev–Trinajstić information content (AvgIpc) is 3.09. The van der Waals surface area contributed by atoms with E-state index in [4.69, 9.17) is 4.74 Å². The zero-order chi connectivity index (χ0) is 22.0. The Bertz CT molecular complexity index is 1370. The lowest BCUT2D eigenvalue weighted by Gasteiger charge is -2.06. The molecule has 0 atom stereocenters. The van der Waals surface area contributed by atoms with Gasteiger partial charge in [0.25, 0.3) is 5.56 Å². The van der Waals surface area contributed by atoms with E-state index in [1.807, 2.05) is 37.3 Å². The minimum atomic E-state index is -0.311. The molecule has 8 heteroatoms. The highest BCUT2D eigenvalue weighted by Crippen LogP contribution is 2.19. The fourth-order valence-electron chi connectivity index (χ4n) is 3.53. The molecule has 2 aromatic carbocycles. The van der Waals surface area contributed by atoms with Crippen LogP contribution in [0.2, 0.25) is 0 Å². The molecule has 8 nitrogen and oxygen atoms in total. The molecule has 0 amide bonds. The van der Waals surface area contributed by atoms with Gasteiger partial charge in [0.05, 0.1) is 12.3 Å². The third-order valence-corrected chi connectivity index (χ3v) is 5.11. The molecule has 0 saturated carbocycles. The number of ether oxygens (including phenoxy) is 1. The Morgan fingerprint density at radius 2 is 1.84 bits per heavy atom. The fourth-order valence-corrected chi connectivity index (χ4v) is 3.53. The fraction of sp³-hybridized carbons (Fsp3) is 0.217. The van der Waals surface area contributed by atoms with Crippen LogP contribution in [-0.4, -0.2) is 25.1 Å². The molecule has 0 radical (unpaired) electrons. The van der Waals surface area contributed by atoms with Gasteiger partial charge in [0.15, 0.2) is 11.6 Å². The molecule has 0 unspecified atom stereocenters. The summed E-state index contributed by atoms with van der Waals surface area (Å²) in [4.78, 5) is 39.7. The number of benzene rings is 2. The SMILES string of the molecule is CCn1c(COCc2ccccc2)nn(-c2ccc3c(=O)[nH]cc(C(C)=O)c3c2)c1=O. The van der Waals surface area contributed by atoms with Crippen LogP contribution < -0.4 is 11.2 Å². The highest BCUT2D eigenvalue weighted by Gasteiger charge is 2.16. The van der Waals surface area contributed by atoms with Crippen LogP contribution >= 0.6 is 0 Å². The molecule has 2 heterocycles. The maximum Gasteiger partial charge on any atom is 0.350 e. The summed E-state index contributed by atoms with van der Waals surface area (Å²) >= 11 is 0. The number of aromatic nitrogens is 4. The number of hydrogen-bond acceptors (Lipinski definition) is 5. The number of ketones is 1. The number of Topliss-reactive ketones (excluding diaryl/α,β-unsaturated/α-hetero) is 1. The Kier molecular flexibility index (Phi) is 5.64. The highest BCUT2D eigenvalue weighted by atomic mass is 16.5. The topological polar surface area (TPSA) is 99.0 Å². The van der Waals surface area contributed by atoms with E-state index in [-0.39, 0.29) is 23.6 Å². The lowest BCUT2D eigenvalue weighted by atomic mass is 10.0. The number of nitrogens with zero attached hydrogens (tertiary/aromatic N) is 3. The Hall–Kier alpha value is -3.78. The smallest absolute Gasteiger partial charge is 0.350 e. The predicted molar refractivity (Wildman–Crippen MR) is 117 cm³/mol. The van der Waals surface area contributed by atoms with Crippen molar-refractivity contribution in [2.45, 2.75) is 33.6 Å². The number of pyridine rings is 1. The molecule has 4 rings (SSSR count). The van der Waals surface area contributed by atoms with E-state index in [1.165, 1.54) is 17.8 Å². The van der Waals surface area contributed by atoms with Gasteiger partial charge in [0.2, 0.25) is 0 Å². The van der Waals surface area contributed by atoms with Crippen LogP contribution in [0.3, 0.4) is 0 Å². The summed E-state index contributed by atoms with van der Waals surface area (Å²) in [7, 11) is 0. The van der Waals surface area contributed by atoms with Gasteiger partial charge in [-0.25, -0.2) is 4.79 Å². The number of fused-ring (bicyclic) bond motifs is 1. The zero-order valence-electron chi connectivity index (χ0n) is 17.3. The summed E-state index contributed by atoms with van der Waals surface area (Å²) in [6.45, 7) is 4.32. The van der Waals surface area contributed by atoms with Crippen molar-refractivity contribution in [2.75, 3.05) is 0 Å². The van der Waals surface area contributed by atoms with Gasteiger partial charge < -0.3 is 9.72 Å². The second kappa shape index (κ2) is 8.53. The minimum absolute atomic E-state index is 0.177.